The predicted octanol–water partition coefficient (Wildman–Crippen LogP) is 3.99. The average molecular weight is 362 g/mol. The van der Waals surface area contributed by atoms with Crippen molar-refractivity contribution in [3.8, 4) is 6.07 Å². The lowest BCUT2D eigenvalue weighted by molar-refractivity contribution is 0.339. The van der Waals surface area contributed by atoms with Gasteiger partial charge in [-0.2, -0.15) is 13.7 Å². The Morgan fingerprint density at radius 2 is 2.12 bits per heavy atom. The maximum absolute atomic E-state index is 11.8. The highest BCUT2D eigenvalue weighted by Crippen LogP contribution is 2.32. The molecule has 7 heteroatoms. The van der Waals surface area contributed by atoms with E-state index in [0.29, 0.717) is 22.6 Å². The zero-order valence-corrected chi connectivity index (χ0v) is 15.2. The summed E-state index contributed by atoms with van der Waals surface area (Å²) >= 11 is 1.23. The molecule has 2 rings (SSSR count). The number of thioether (sulfide) groups is 1. The van der Waals surface area contributed by atoms with Crippen LogP contribution in [0, 0.1) is 18.3 Å². The number of hydrogen-bond donors (Lipinski definition) is 0. The molecule has 0 saturated carbocycles. The monoisotopic (exact) mass is 362 g/mol. The maximum Gasteiger partial charge on any atom is 0.328 e. The van der Waals surface area contributed by atoms with Crippen LogP contribution in [0.15, 0.2) is 46.5 Å². The number of rotatable bonds is 6. The van der Waals surface area contributed by atoms with Gasteiger partial charge in [-0.3, -0.25) is 4.28 Å². The van der Waals surface area contributed by atoms with E-state index in [1.165, 1.54) is 11.8 Å². The van der Waals surface area contributed by atoms with Crippen molar-refractivity contribution in [2.45, 2.75) is 26.7 Å². The topological polar surface area (TPSA) is 79.5 Å². The minimum Gasteiger partial charge on any atom is -0.267 e. The number of oxime groups is 1. The zero-order chi connectivity index (χ0) is 17.6. The largest absolute Gasteiger partial charge is 0.328 e. The van der Waals surface area contributed by atoms with Crippen LogP contribution in [-0.4, -0.2) is 19.2 Å². The van der Waals surface area contributed by atoms with Crippen molar-refractivity contribution in [2.24, 2.45) is 5.16 Å². The molecular weight excluding hydrogens is 344 g/mol. The highest BCUT2D eigenvalue weighted by Gasteiger charge is 2.20. The van der Waals surface area contributed by atoms with Crippen LogP contribution < -0.4 is 0 Å². The summed E-state index contributed by atoms with van der Waals surface area (Å²) in [6.45, 7) is 3.82. The van der Waals surface area contributed by atoms with Crippen LogP contribution in [-0.2, 0) is 14.4 Å². The number of aryl methyl sites for hydroxylation is 1. The minimum atomic E-state index is -3.69. The Bertz CT molecular complexity index is 847. The molecule has 0 saturated heterocycles. The zero-order valence-electron chi connectivity index (χ0n) is 13.5. The van der Waals surface area contributed by atoms with Gasteiger partial charge >= 0.3 is 10.1 Å². The normalized spacial score (nSPS) is 17.8. The van der Waals surface area contributed by atoms with Crippen LogP contribution in [0.1, 0.15) is 30.9 Å². The highest BCUT2D eigenvalue weighted by molar-refractivity contribution is 8.17. The van der Waals surface area contributed by atoms with Gasteiger partial charge in [-0.05, 0) is 36.0 Å². The summed E-state index contributed by atoms with van der Waals surface area (Å²) in [5, 5.41) is 15.5. The van der Waals surface area contributed by atoms with Crippen molar-refractivity contribution in [1.29, 1.82) is 5.26 Å². The Kier molecular flexibility index (Phi) is 6.23. The fourth-order valence-electron chi connectivity index (χ4n) is 2.13. The van der Waals surface area contributed by atoms with Crippen LogP contribution in [0.3, 0.4) is 0 Å². The van der Waals surface area contributed by atoms with Gasteiger partial charge in [0.25, 0.3) is 0 Å². The number of nitriles is 1. The molecule has 0 radical (unpaired) electrons. The molecule has 0 atom stereocenters. The molecule has 0 spiro atoms. The van der Waals surface area contributed by atoms with Gasteiger partial charge in [0.2, 0.25) is 0 Å². The first kappa shape index (κ1) is 18.3. The molecule has 5 nitrogen and oxygen atoms in total. The highest BCUT2D eigenvalue weighted by atomic mass is 32.2. The maximum atomic E-state index is 11.8. The lowest BCUT2D eigenvalue weighted by Crippen LogP contribution is -2.08. The van der Waals surface area contributed by atoms with Crippen molar-refractivity contribution in [1.82, 2.24) is 0 Å². The molecule has 0 aromatic heterocycles. The van der Waals surface area contributed by atoms with E-state index in [0.717, 1.165) is 17.5 Å². The Hall–Kier alpha value is -2.04. The Morgan fingerprint density at radius 3 is 2.79 bits per heavy atom. The third kappa shape index (κ3) is 4.49. The fraction of sp³-hybridized carbons (Fsp3) is 0.294. The molecule has 0 N–H and O–H groups in total. The van der Waals surface area contributed by atoms with Gasteiger partial charge in [0.1, 0.15) is 11.1 Å². The van der Waals surface area contributed by atoms with Crippen molar-refractivity contribution in [3.63, 3.8) is 0 Å². The second-order valence-electron chi connectivity index (χ2n) is 5.22. The molecule has 0 bridgehead atoms. The number of hydrogen-bond acceptors (Lipinski definition) is 6. The molecule has 1 aliphatic rings. The van der Waals surface area contributed by atoms with E-state index >= 15 is 0 Å². The van der Waals surface area contributed by atoms with E-state index in [1.807, 2.05) is 38.1 Å². The van der Waals surface area contributed by atoms with Gasteiger partial charge in [0.15, 0.2) is 0 Å². The number of unbranched alkanes of at least 4 members (excludes halogenated alkanes) is 1. The van der Waals surface area contributed by atoms with Gasteiger partial charge < -0.3 is 0 Å². The number of benzene rings is 1. The number of allylic oxidation sites excluding steroid dienone is 2. The smallest absolute Gasteiger partial charge is 0.267 e. The van der Waals surface area contributed by atoms with E-state index in [4.69, 9.17) is 4.28 Å². The average Bonchev–Trinajstić information content (AvgIpc) is 3.02. The van der Waals surface area contributed by atoms with E-state index in [2.05, 4.69) is 11.2 Å². The Labute approximate surface area is 146 Å². The molecule has 24 heavy (non-hydrogen) atoms. The van der Waals surface area contributed by atoms with Crippen LogP contribution in [0.25, 0.3) is 5.57 Å². The molecule has 1 heterocycles. The quantitative estimate of drug-likeness (QED) is 0.564. The summed E-state index contributed by atoms with van der Waals surface area (Å²) in [7, 11) is -3.69. The number of nitrogens with zero attached hydrogens (tertiary/aromatic N) is 2. The molecule has 1 aromatic carbocycles. The second kappa shape index (κ2) is 8.18. The first-order valence-corrected chi connectivity index (χ1v) is 9.97. The van der Waals surface area contributed by atoms with Crippen molar-refractivity contribution >= 4 is 32.5 Å². The predicted molar refractivity (Wildman–Crippen MR) is 97.7 cm³/mol. The summed E-state index contributed by atoms with van der Waals surface area (Å²) in [6, 6.07) is 9.72. The van der Waals surface area contributed by atoms with Crippen LogP contribution in [0.4, 0.5) is 0 Å². The van der Waals surface area contributed by atoms with Gasteiger partial charge in [-0.25, -0.2) is 0 Å². The van der Waals surface area contributed by atoms with E-state index < -0.39 is 10.1 Å². The molecule has 126 valence electrons. The molecule has 0 unspecified atom stereocenters. The molecular formula is C17H18N2O3S2. The van der Waals surface area contributed by atoms with E-state index in [-0.39, 0.29) is 5.75 Å². The van der Waals surface area contributed by atoms with Crippen LogP contribution in [0.2, 0.25) is 0 Å². The van der Waals surface area contributed by atoms with Crippen LogP contribution in [0.5, 0.6) is 0 Å². The third-order valence-corrected chi connectivity index (χ3v) is 5.30. The summed E-state index contributed by atoms with van der Waals surface area (Å²) in [6.07, 6.45) is 3.02. The van der Waals surface area contributed by atoms with E-state index in [1.54, 1.807) is 11.5 Å². The van der Waals surface area contributed by atoms with Gasteiger partial charge in [-0.1, -0.05) is 54.5 Å². The molecule has 0 amide bonds. The van der Waals surface area contributed by atoms with E-state index in [9.17, 15) is 13.7 Å². The van der Waals surface area contributed by atoms with Gasteiger partial charge in [0, 0.05) is 5.57 Å². The Morgan fingerprint density at radius 1 is 1.38 bits per heavy atom. The third-order valence-electron chi connectivity index (χ3n) is 3.42. The summed E-state index contributed by atoms with van der Waals surface area (Å²) in [5.74, 6) is -0.0691. The molecule has 1 aliphatic heterocycles. The van der Waals surface area contributed by atoms with Crippen molar-refractivity contribution in [2.75, 3.05) is 5.75 Å². The molecule has 0 fully saturated rings. The minimum absolute atomic E-state index is 0.0691. The SMILES string of the molecule is CCCCS(=O)(=O)O/N=C1\SC=C\C1=C(\C#N)c1ccccc1C. The molecule has 1 aromatic rings. The Balaban J connectivity index is 2.35. The first-order chi connectivity index (χ1) is 11.5. The summed E-state index contributed by atoms with van der Waals surface area (Å²) in [4.78, 5) is 0. The lowest BCUT2D eigenvalue weighted by Gasteiger charge is -2.07. The van der Waals surface area contributed by atoms with Gasteiger partial charge in [0.05, 0.1) is 11.3 Å². The summed E-state index contributed by atoms with van der Waals surface area (Å²) in [5.41, 5.74) is 2.77. The van der Waals surface area contributed by atoms with Gasteiger partial charge in [-0.15, -0.1) is 0 Å². The van der Waals surface area contributed by atoms with Crippen molar-refractivity contribution < 1.29 is 12.7 Å². The first-order valence-electron chi connectivity index (χ1n) is 7.51. The summed E-state index contributed by atoms with van der Waals surface area (Å²) < 4.78 is 28.3. The standard InChI is InChI=1S/C17H18N2O3S2/c1-3-4-11-24(20,21)22-19-17-15(9-10-23-17)16(12-18)14-8-6-5-7-13(14)2/h5-10H,3-4,11H2,1-2H3/b16-15+,19-17-. The fourth-order valence-corrected chi connectivity index (χ4v) is 3.79. The molecule has 0 aliphatic carbocycles. The van der Waals surface area contributed by atoms with Crippen molar-refractivity contribution in [3.05, 3.63) is 52.4 Å². The second-order valence-corrected chi connectivity index (χ2v) is 7.79. The van der Waals surface area contributed by atoms with Crippen LogP contribution >= 0.6 is 11.8 Å². The lowest BCUT2D eigenvalue weighted by atomic mass is 9.97.